The van der Waals surface area contributed by atoms with E-state index < -0.39 is 10.7 Å². The fraction of sp³-hybridized carbons (Fsp3) is 0. The van der Waals surface area contributed by atoms with Gasteiger partial charge in [-0.25, -0.2) is 8.42 Å². The van der Waals surface area contributed by atoms with Crippen LogP contribution in [0.4, 0.5) is 0 Å². The van der Waals surface area contributed by atoms with E-state index in [0.717, 1.165) is 0 Å². The summed E-state index contributed by atoms with van der Waals surface area (Å²) >= 11 is 0. The summed E-state index contributed by atoms with van der Waals surface area (Å²) in [5, 5.41) is 9.73. The van der Waals surface area contributed by atoms with E-state index in [1.54, 1.807) is 24.3 Å². The van der Waals surface area contributed by atoms with Crippen molar-refractivity contribution in [3.63, 3.8) is 0 Å². The van der Waals surface area contributed by atoms with Crippen molar-refractivity contribution in [2.24, 2.45) is 0 Å². The number of hydrogen-bond donors (Lipinski definition) is 2. The molecule has 2 aromatic rings. The van der Waals surface area contributed by atoms with Crippen molar-refractivity contribution in [1.82, 2.24) is 0 Å². The average molecular weight is 234 g/mol. The monoisotopic (exact) mass is 234 g/mol. The highest BCUT2D eigenvalue weighted by Gasteiger charge is 2.11. The van der Waals surface area contributed by atoms with E-state index in [1.807, 2.05) is 6.07 Å². The first kappa shape index (κ1) is 10.7. The molecule has 0 aliphatic carbocycles. The summed E-state index contributed by atoms with van der Waals surface area (Å²) in [5.74, 6) is -0.0251. The lowest BCUT2D eigenvalue weighted by molar-refractivity contribution is 0.475. The standard InChI is InChI=1S/C12H10O3S/c13-10-7-4-8-11(16(14)15)12(10)9-5-2-1-3-6-9/h1-8,13,16H. The quantitative estimate of drug-likeness (QED) is 0.782. The Bertz CT molecular complexity index is 566. The van der Waals surface area contributed by atoms with Crippen LogP contribution in [0.15, 0.2) is 53.4 Å². The van der Waals surface area contributed by atoms with E-state index in [4.69, 9.17) is 0 Å². The van der Waals surface area contributed by atoms with Crippen LogP contribution in [-0.2, 0) is 10.7 Å². The van der Waals surface area contributed by atoms with Gasteiger partial charge in [0.2, 0.25) is 0 Å². The molecule has 16 heavy (non-hydrogen) atoms. The van der Waals surface area contributed by atoms with Crippen LogP contribution < -0.4 is 0 Å². The molecule has 2 aromatic carbocycles. The predicted molar refractivity (Wildman–Crippen MR) is 62.1 cm³/mol. The second kappa shape index (κ2) is 4.37. The molecule has 0 unspecified atom stereocenters. The van der Waals surface area contributed by atoms with Crippen LogP contribution in [0, 0.1) is 0 Å². The van der Waals surface area contributed by atoms with Gasteiger partial charge in [0.1, 0.15) is 5.75 Å². The first-order valence-electron chi connectivity index (χ1n) is 4.72. The highest BCUT2D eigenvalue weighted by molar-refractivity contribution is 7.72. The Labute approximate surface area is 94.9 Å². The molecule has 4 heteroatoms. The van der Waals surface area contributed by atoms with Crippen molar-refractivity contribution in [1.29, 1.82) is 0 Å². The summed E-state index contributed by atoms with van der Waals surface area (Å²) in [7, 11) is -2.72. The molecule has 0 heterocycles. The van der Waals surface area contributed by atoms with Crippen LogP contribution in [0.5, 0.6) is 5.75 Å². The Morgan fingerprint density at radius 3 is 2.19 bits per heavy atom. The predicted octanol–water partition coefficient (Wildman–Crippen LogP) is 2.03. The van der Waals surface area contributed by atoms with Gasteiger partial charge in [-0.3, -0.25) is 0 Å². The second-order valence-electron chi connectivity index (χ2n) is 3.29. The topological polar surface area (TPSA) is 54.4 Å². The van der Waals surface area contributed by atoms with Crippen LogP contribution in [-0.4, -0.2) is 13.5 Å². The first-order valence-corrected chi connectivity index (χ1v) is 5.89. The fourth-order valence-electron chi connectivity index (χ4n) is 1.58. The zero-order valence-electron chi connectivity index (χ0n) is 8.33. The summed E-state index contributed by atoms with van der Waals surface area (Å²) in [4.78, 5) is 0.140. The minimum Gasteiger partial charge on any atom is -0.507 e. The number of rotatable bonds is 2. The van der Waals surface area contributed by atoms with Gasteiger partial charge in [0, 0.05) is 5.56 Å². The summed E-state index contributed by atoms with van der Waals surface area (Å²) in [6, 6.07) is 13.4. The van der Waals surface area contributed by atoms with Gasteiger partial charge in [-0.15, -0.1) is 0 Å². The van der Waals surface area contributed by atoms with E-state index in [9.17, 15) is 13.5 Å². The molecule has 0 aromatic heterocycles. The molecule has 0 radical (unpaired) electrons. The molecule has 0 amide bonds. The summed E-state index contributed by atoms with van der Waals surface area (Å²) in [6.45, 7) is 0. The molecule has 82 valence electrons. The van der Waals surface area contributed by atoms with Gasteiger partial charge in [0.15, 0.2) is 10.7 Å². The molecule has 0 saturated carbocycles. The van der Waals surface area contributed by atoms with Gasteiger partial charge in [-0.05, 0) is 17.7 Å². The SMILES string of the molecule is O=[SH](=O)c1cccc(O)c1-c1ccccc1. The molecule has 0 fully saturated rings. The van der Waals surface area contributed by atoms with Gasteiger partial charge in [-0.2, -0.15) is 0 Å². The van der Waals surface area contributed by atoms with Gasteiger partial charge < -0.3 is 5.11 Å². The minimum absolute atomic E-state index is 0.0251. The molecule has 0 spiro atoms. The van der Waals surface area contributed by atoms with Gasteiger partial charge >= 0.3 is 0 Å². The molecule has 0 bridgehead atoms. The third kappa shape index (κ3) is 1.92. The van der Waals surface area contributed by atoms with Crippen LogP contribution in [0.2, 0.25) is 0 Å². The Morgan fingerprint density at radius 2 is 1.56 bits per heavy atom. The van der Waals surface area contributed by atoms with Gasteiger partial charge in [0.05, 0.1) is 4.90 Å². The first-order chi connectivity index (χ1) is 7.70. The van der Waals surface area contributed by atoms with Crippen molar-refractivity contribution in [3.05, 3.63) is 48.5 Å². The zero-order valence-corrected chi connectivity index (χ0v) is 9.22. The van der Waals surface area contributed by atoms with E-state index >= 15 is 0 Å². The molecule has 0 atom stereocenters. The summed E-state index contributed by atoms with van der Waals surface area (Å²) in [5.41, 5.74) is 1.05. The third-order valence-electron chi connectivity index (χ3n) is 2.28. The molecular weight excluding hydrogens is 224 g/mol. The highest BCUT2D eigenvalue weighted by Crippen LogP contribution is 2.32. The Balaban J connectivity index is 2.73. The zero-order chi connectivity index (χ0) is 11.5. The molecule has 0 aliphatic rings. The second-order valence-corrected chi connectivity index (χ2v) is 4.29. The normalized spacial score (nSPS) is 10.6. The Kier molecular flexibility index (Phi) is 2.92. The number of hydrogen-bond acceptors (Lipinski definition) is 3. The van der Waals surface area contributed by atoms with Crippen LogP contribution in [0.25, 0.3) is 11.1 Å². The summed E-state index contributed by atoms with van der Waals surface area (Å²) in [6.07, 6.45) is 0. The lowest BCUT2D eigenvalue weighted by Crippen LogP contribution is -1.87. The molecular formula is C12H10O3S. The Hall–Kier alpha value is -1.81. The van der Waals surface area contributed by atoms with E-state index in [2.05, 4.69) is 0 Å². The van der Waals surface area contributed by atoms with Crippen molar-refractivity contribution in [2.45, 2.75) is 4.90 Å². The van der Waals surface area contributed by atoms with Crippen LogP contribution in [0.1, 0.15) is 0 Å². The van der Waals surface area contributed by atoms with Gasteiger partial charge in [-0.1, -0.05) is 36.4 Å². The molecule has 1 N–H and O–H groups in total. The minimum atomic E-state index is -2.72. The lowest BCUT2D eigenvalue weighted by Gasteiger charge is -2.06. The van der Waals surface area contributed by atoms with Crippen molar-refractivity contribution < 1.29 is 13.5 Å². The summed E-state index contributed by atoms with van der Waals surface area (Å²) < 4.78 is 22.1. The van der Waals surface area contributed by atoms with Crippen molar-refractivity contribution >= 4 is 10.7 Å². The maximum Gasteiger partial charge on any atom is 0.169 e. The highest BCUT2D eigenvalue weighted by atomic mass is 32.2. The van der Waals surface area contributed by atoms with Crippen molar-refractivity contribution in [2.75, 3.05) is 0 Å². The maximum atomic E-state index is 11.1. The largest absolute Gasteiger partial charge is 0.507 e. The van der Waals surface area contributed by atoms with Crippen molar-refractivity contribution in [3.8, 4) is 16.9 Å². The number of phenolic OH excluding ortho intramolecular Hbond substituents is 1. The van der Waals surface area contributed by atoms with Crippen LogP contribution in [0.3, 0.4) is 0 Å². The van der Waals surface area contributed by atoms with E-state index in [-0.39, 0.29) is 10.6 Å². The number of aromatic hydroxyl groups is 1. The fourth-order valence-corrected chi connectivity index (χ4v) is 2.22. The van der Waals surface area contributed by atoms with E-state index in [0.29, 0.717) is 11.1 Å². The average Bonchev–Trinajstić information content (AvgIpc) is 2.29. The number of phenols is 1. The third-order valence-corrected chi connectivity index (χ3v) is 3.05. The smallest absolute Gasteiger partial charge is 0.169 e. The molecule has 0 saturated heterocycles. The van der Waals surface area contributed by atoms with Crippen LogP contribution >= 0.6 is 0 Å². The number of benzene rings is 2. The molecule has 3 nitrogen and oxygen atoms in total. The Morgan fingerprint density at radius 1 is 0.875 bits per heavy atom. The lowest BCUT2D eigenvalue weighted by atomic mass is 10.0. The maximum absolute atomic E-state index is 11.1. The molecule has 0 aliphatic heterocycles. The van der Waals surface area contributed by atoms with Gasteiger partial charge in [0.25, 0.3) is 0 Å². The molecule has 2 rings (SSSR count). The van der Waals surface area contributed by atoms with E-state index in [1.165, 1.54) is 18.2 Å². The number of thiol groups is 1.